The van der Waals surface area contributed by atoms with Crippen molar-refractivity contribution in [3.8, 4) is 74.9 Å². The SMILES string of the molecule is CCOc1cn(-c2ccc(F)cc2C)nc1C(=O)Nc1ccc(Oc2ncnc3cc(OC)c4c(c23)OCCO4)c(F)c1.Cc1cc(F)ccc1-n1ccc(C(=O)Nc2ccc(Oc3ncnc4cc(OCCCN5CCOCC5)c5c(c34)OCCO5)c(F)c2)n1. The number of anilines is 2. The molecule has 0 spiro atoms. The Balaban J connectivity index is 0.000000177. The third-order valence-corrected chi connectivity index (χ3v) is 14.5. The second-order valence-corrected chi connectivity index (χ2v) is 20.6. The van der Waals surface area contributed by atoms with Crippen LogP contribution in [-0.4, -0.2) is 136 Å². The first-order chi connectivity index (χ1) is 44.3. The minimum atomic E-state index is -0.762. The van der Waals surface area contributed by atoms with Crippen molar-refractivity contribution in [3.05, 3.63) is 162 Å². The number of morpholine rings is 1. The van der Waals surface area contributed by atoms with Crippen molar-refractivity contribution < 1.29 is 74.5 Å². The van der Waals surface area contributed by atoms with Crippen LogP contribution in [0, 0.1) is 37.1 Å². The summed E-state index contributed by atoms with van der Waals surface area (Å²) in [6.07, 6.45) is 6.54. The summed E-state index contributed by atoms with van der Waals surface area (Å²) in [4.78, 5) is 45.5. The third-order valence-electron chi connectivity index (χ3n) is 14.5. The average Bonchev–Trinajstić information content (AvgIpc) is 1.56. The largest absolute Gasteiger partial charge is 0.493 e. The molecule has 6 aromatic carbocycles. The molecule has 1 saturated heterocycles. The number of halogens is 4. The van der Waals surface area contributed by atoms with Crippen LogP contribution in [0.25, 0.3) is 33.2 Å². The average molecular weight is 1250 g/mol. The van der Waals surface area contributed by atoms with E-state index in [1.807, 2.05) is 0 Å². The van der Waals surface area contributed by atoms with Gasteiger partial charge in [-0.25, -0.2) is 46.9 Å². The zero-order valence-electron chi connectivity index (χ0n) is 49.4. The molecule has 0 atom stereocenters. The zero-order valence-corrected chi connectivity index (χ0v) is 49.4. The summed E-state index contributed by atoms with van der Waals surface area (Å²) in [5.41, 5.74) is 3.81. The highest BCUT2D eigenvalue weighted by Crippen LogP contribution is 2.50. The van der Waals surface area contributed by atoms with E-state index in [1.54, 1.807) is 51.2 Å². The molecule has 0 aliphatic carbocycles. The van der Waals surface area contributed by atoms with E-state index >= 15 is 8.78 Å². The van der Waals surface area contributed by atoms with E-state index in [4.69, 9.17) is 47.4 Å². The van der Waals surface area contributed by atoms with Crippen LogP contribution >= 0.6 is 0 Å². The minimum Gasteiger partial charge on any atom is -0.493 e. The molecule has 0 unspecified atom stereocenters. The van der Waals surface area contributed by atoms with Crippen molar-refractivity contribution in [2.24, 2.45) is 0 Å². The Hall–Kier alpha value is -10.8. The van der Waals surface area contributed by atoms with Crippen molar-refractivity contribution in [1.82, 2.24) is 44.4 Å². The summed E-state index contributed by atoms with van der Waals surface area (Å²) >= 11 is 0. The summed E-state index contributed by atoms with van der Waals surface area (Å²) in [7, 11) is 1.50. The fourth-order valence-corrected chi connectivity index (χ4v) is 10.2. The minimum absolute atomic E-state index is 0.0267. The van der Waals surface area contributed by atoms with Crippen molar-refractivity contribution in [3.63, 3.8) is 0 Å². The number of hydrogen-bond acceptors (Lipinski definition) is 19. The molecule has 0 bridgehead atoms. The molecule has 1 fully saturated rings. The molecule has 7 heterocycles. The summed E-state index contributed by atoms with van der Waals surface area (Å²) in [6, 6.07) is 21.3. The predicted octanol–water partition coefficient (Wildman–Crippen LogP) is 10.9. The van der Waals surface area contributed by atoms with E-state index in [9.17, 15) is 18.4 Å². The maximum Gasteiger partial charge on any atom is 0.280 e. The van der Waals surface area contributed by atoms with Gasteiger partial charge < -0.3 is 58.0 Å². The standard InChI is InChI=1S/C34H32F2N6O6.C30H25F2N5O6/c1-21-17-22(35)3-5-27(21)42-9-7-25(40-42)33(43)39-23-4-6-28(24(36)18-23)48-34-30-26(37-20-38-34)19-29(31-32(30)47-16-15-46-31)45-12-2-8-41-10-13-44-14-11-41;1-4-40-24-14-37(21-7-5-17(31)11-16(21)2)36-26(24)29(38)35-18-6-8-22(19(32)12-18)43-30-25-20(33-15-34-30)13-23(39-3)27-28(25)42-10-9-41-27/h3-7,9,17-20H,2,8,10-16H2,1H3,(H,39,43);5-8,11-15H,4,9-10H2,1-3H3,(H,35,38). The van der Waals surface area contributed by atoms with Crippen molar-refractivity contribution >= 4 is 45.0 Å². The number of amides is 2. The lowest BCUT2D eigenvalue weighted by molar-refractivity contribution is 0.0357. The molecule has 23 nitrogen and oxygen atoms in total. The Morgan fingerprint density at radius 1 is 0.571 bits per heavy atom. The van der Waals surface area contributed by atoms with Crippen LogP contribution in [0.2, 0.25) is 0 Å². The fraction of sp³-hybridized carbons (Fsp3) is 0.250. The van der Waals surface area contributed by atoms with Gasteiger partial charge in [0.2, 0.25) is 23.3 Å². The van der Waals surface area contributed by atoms with Crippen LogP contribution in [0.4, 0.5) is 28.9 Å². The molecule has 0 radical (unpaired) electrons. The van der Waals surface area contributed by atoms with Crippen molar-refractivity contribution in [2.45, 2.75) is 27.2 Å². The highest BCUT2D eigenvalue weighted by Gasteiger charge is 2.29. The first kappa shape index (κ1) is 60.5. The molecule has 13 rings (SSSR count). The highest BCUT2D eigenvalue weighted by molar-refractivity contribution is 6.05. The zero-order chi connectivity index (χ0) is 63.1. The number of nitrogens with one attached hydrogen (secondary N) is 2. The third kappa shape index (κ3) is 13.3. The Kier molecular flexibility index (Phi) is 17.9. The van der Waals surface area contributed by atoms with Gasteiger partial charge in [-0.1, -0.05) is 0 Å². The smallest absolute Gasteiger partial charge is 0.280 e. The molecular weight excluding hydrogens is 1190 g/mol. The Morgan fingerprint density at radius 2 is 1.12 bits per heavy atom. The quantitative estimate of drug-likeness (QED) is 0.0599. The Morgan fingerprint density at radius 3 is 1.68 bits per heavy atom. The Bertz CT molecular complexity index is 4380. The van der Waals surface area contributed by atoms with Gasteiger partial charge in [-0.3, -0.25) is 14.5 Å². The van der Waals surface area contributed by atoms with E-state index in [0.29, 0.717) is 112 Å². The second kappa shape index (κ2) is 26.9. The van der Waals surface area contributed by atoms with Crippen LogP contribution in [0.3, 0.4) is 0 Å². The number of carbonyl (C=O) groups is 2. The second-order valence-electron chi connectivity index (χ2n) is 20.6. The van der Waals surface area contributed by atoms with Gasteiger partial charge in [0.1, 0.15) is 61.5 Å². The number of benzene rings is 6. The van der Waals surface area contributed by atoms with Gasteiger partial charge >= 0.3 is 0 Å². The normalized spacial score (nSPS) is 13.5. The number of fused-ring (bicyclic) bond motifs is 6. The molecule has 3 aliphatic rings. The molecule has 2 N–H and O–H groups in total. The van der Waals surface area contributed by atoms with E-state index in [1.165, 1.54) is 89.9 Å². The van der Waals surface area contributed by atoms with Crippen LogP contribution in [0.5, 0.6) is 63.5 Å². The van der Waals surface area contributed by atoms with Crippen LogP contribution < -0.4 is 53.3 Å². The Labute approximate surface area is 516 Å². The van der Waals surface area contributed by atoms with Gasteiger partial charge in [-0.05, 0) is 105 Å². The lowest BCUT2D eigenvalue weighted by atomic mass is 10.1. The molecule has 10 aromatic rings. The van der Waals surface area contributed by atoms with Gasteiger partial charge in [-0.2, -0.15) is 10.2 Å². The number of hydrogen-bond donors (Lipinski definition) is 2. The number of aryl methyl sites for hydroxylation is 2. The van der Waals surface area contributed by atoms with Crippen molar-refractivity contribution in [1.29, 1.82) is 0 Å². The fourth-order valence-electron chi connectivity index (χ4n) is 10.2. The first-order valence-corrected chi connectivity index (χ1v) is 28.8. The van der Waals surface area contributed by atoms with Crippen LogP contribution in [-0.2, 0) is 4.74 Å². The number of carbonyl (C=O) groups excluding carboxylic acids is 2. The van der Waals surface area contributed by atoms with Gasteiger partial charge in [0.15, 0.2) is 63.3 Å². The molecule has 0 saturated carbocycles. The summed E-state index contributed by atoms with van der Waals surface area (Å²) in [6.45, 7) is 11.4. The summed E-state index contributed by atoms with van der Waals surface area (Å²) in [5, 5.41) is 14.7. The number of rotatable bonds is 18. The molecule has 4 aromatic heterocycles. The molecule has 27 heteroatoms. The molecule has 2 amide bonds. The van der Waals surface area contributed by atoms with E-state index in [0.717, 1.165) is 51.4 Å². The predicted molar refractivity (Wildman–Crippen MR) is 322 cm³/mol. The highest BCUT2D eigenvalue weighted by atomic mass is 19.1. The molecular formula is C64H57F4N11O12. The number of ether oxygens (including phenoxy) is 10. The van der Waals surface area contributed by atoms with Crippen LogP contribution in [0.1, 0.15) is 45.4 Å². The number of methoxy groups -OCH3 is 1. The van der Waals surface area contributed by atoms with Gasteiger partial charge in [0, 0.05) is 61.5 Å². The first-order valence-electron chi connectivity index (χ1n) is 28.8. The van der Waals surface area contributed by atoms with Gasteiger partial charge in [0.05, 0.1) is 62.1 Å². The number of nitrogens with zero attached hydrogens (tertiary/aromatic N) is 9. The summed E-state index contributed by atoms with van der Waals surface area (Å²) < 4.78 is 118. The molecule has 468 valence electrons. The maximum atomic E-state index is 15.3. The van der Waals surface area contributed by atoms with Gasteiger partial charge in [-0.15, -0.1) is 0 Å². The number of aromatic nitrogens is 8. The van der Waals surface area contributed by atoms with E-state index < -0.39 is 23.4 Å². The molecule has 3 aliphatic heterocycles. The topological polar surface area (TPSA) is 241 Å². The molecule has 91 heavy (non-hydrogen) atoms. The van der Waals surface area contributed by atoms with Crippen LogP contribution in [0.15, 0.2) is 116 Å². The lowest BCUT2D eigenvalue weighted by Gasteiger charge is -2.26. The van der Waals surface area contributed by atoms with E-state index in [-0.39, 0.29) is 70.0 Å². The summed E-state index contributed by atoms with van der Waals surface area (Å²) in [5.74, 6) is -0.968. The monoisotopic (exact) mass is 1250 g/mol. The van der Waals surface area contributed by atoms with E-state index in [2.05, 4.69) is 45.7 Å². The van der Waals surface area contributed by atoms with Gasteiger partial charge in [0.25, 0.3) is 11.8 Å². The maximum absolute atomic E-state index is 15.3. The lowest BCUT2D eigenvalue weighted by Crippen LogP contribution is -2.37. The van der Waals surface area contributed by atoms with Crippen molar-refractivity contribution in [2.75, 3.05) is 90.2 Å².